The molecule has 0 amide bonds. The van der Waals surface area contributed by atoms with Crippen molar-refractivity contribution in [2.24, 2.45) is 23.2 Å². The zero-order chi connectivity index (χ0) is 34.1. The molecule has 4 rings (SSSR count). The smallest absolute Gasteiger partial charge is 0.319 e. The fraction of sp³-hybridized carbons (Fsp3) is 0.944. The number of ketones is 1. The van der Waals surface area contributed by atoms with Crippen LogP contribution in [-0.2, 0) is 28.5 Å². The zero-order valence-electron chi connectivity index (χ0n) is 30.7. The number of hydrogen-bond acceptors (Lipinski definition) is 10. The highest BCUT2D eigenvalue weighted by Gasteiger charge is 2.52. The molecule has 0 aliphatic carbocycles. The van der Waals surface area contributed by atoms with Crippen LogP contribution < -0.4 is 0 Å². The predicted molar refractivity (Wildman–Crippen MR) is 178 cm³/mol. The summed E-state index contributed by atoms with van der Waals surface area (Å²) in [6.45, 7) is 15.8. The van der Waals surface area contributed by atoms with Gasteiger partial charge in [-0.05, 0) is 112 Å². The van der Waals surface area contributed by atoms with Gasteiger partial charge in [-0.15, -0.1) is 0 Å². The first-order valence-corrected chi connectivity index (χ1v) is 17.9. The van der Waals surface area contributed by atoms with E-state index < -0.39 is 41.4 Å². The number of ether oxygens (including phenoxy) is 4. The summed E-state index contributed by atoms with van der Waals surface area (Å²) in [4.78, 5) is 35.2. The van der Waals surface area contributed by atoms with E-state index in [9.17, 15) is 14.7 Å². The number of Topliss-reactive ketones (excluding diaryl/α,β-unsaturated/α-hetero) is 1. The number of aliphatic hydroxyl groups excluding tert-OH is 1. The second-order valence-corrected chi connectivity index (χ2v) is 16.2. The maximum Gasteiger partial charge on any atom is 0.319 e. The van der Waals surface area contributed by atoms with Crippen LogP contribution in [-0.4, -0.2) is 134 Å². The minimum atomic E-state index is -1.40. The monoisotopic (exact) mass is 651 g/mol. The van der Waals surface area contributed by atoms with Crippen molar-refractivity contribution in [3.8, 4) is 0 Å². The average Bonchev–Trinajstić information content (AvgIpc) is 3.21. The molecular weight excluding hydrogens is 586 g/mol. The fourth-order valence-electron chi connectivity index (χ4n) is 9.31. The van der Waals surface area contributed by atoms with Crippen LogP contribution in [0.3, 0.4) is 0 Å². The van der Waals surface area contributed by atoms with E-state index >= 15 is 0 Å². The zero-order valence-corrected chi connectivity index (χ0v) is 30.7. The van der Waals surface area contributed by atoms with Crippen LogP contribution >= 0.6 is 0 Å². The number of cyclic esters (lactones) is 1. The molecule has 266 valence electrons. The van der Waals surface area contributed by atoms with Crippen molar-refractivity contribution in [1.29, 1.82) is 0 Å². The Hall–Kier alpha value is -1.14. The topological polar surface area (TPSA) is 101 Å². The molecule has 0 spiro atoms. The van der Waals surface area contributed by atoms with Crippen LogP contribution in [0.25, 0.3) is 0 Å². The summed E-state index contributed by atoms with van der Waals surface area (Å²) in [5.41, 5.74) is -2.30. The highest BCUT2D eigenvalue weighted by molar-refractivity contribution is 6.04. The van der Waals surface area contributed by atoms with E-state index in [1.54, 1.807) is 27.9 Å². The van der Waals surface area contributed by atoms with E-state index in [0.717, 1.165) is 25.9 Å². The first kappa shape index (κ1) is 37.7. The average molecular weight is 652 g/mol. The molecule has 0 aromatic rings. The molecule has 0 aromatic carbocycles. The van der Waals surface area contributed by atoms with E-state index in [1.165, 1.54) is 19.3 Å². The first-order valence-electron chi connectivity index (χ1n) is 17.9. The van der Waals surface area contributed by atoms with Crippen molar-refractivity contribution in [3.63, 3.8) is 0 Å². The molecule has 0 radical (unpaired) electrons. The van der Waals surface area contributed by atoms with Gasteiger partial charge in [0.1, 0.15) is 18.1 Å². The molecule has 1 N–H and O–H groups in total. The van der Waals surface area contributed by atoms with Crippen LogP contribution in [0.2, 0.25) is 0 Å². The summed E-state index contributed by atoms with van der Waals surface area (Å²) < 4.78 is 25.2. The Bertz CT molecular complexity index is 1030. The molecule has 2 unspecified atom stereocenters. The van der Waals surface area contributed by atoms with Crippen molar-refractivity contribution >= 4 is 11.8 Å². The van der Waals surface area contributed by atoms with Crippen molar-refractivity contribution < 1.29 is 33.6 Å². The minimum absolute atomic E-state index is 0.0680. The lowest BCUT2D eigenvalue weighted by molar-refractivity contribution is -0.295. The number of rotatable bonds is 7. The highest BCUT2D eigenvalue weighted by Crippen LogP contribution is 2.42. The Labute approximate surface area is 278 Å². The molecule has 4 aliphatic rings. The summed E-state index contributed by atoms with van der Waals surface area (Å²) >= 11 is 0. The summed E-state index contributed by atoms with van der Waals surface area (Å²) in [5, 5.41) is 11.4. The van der Waals surface area contributed by atoms with Gasteiger partial charge in [-0.1, -0.05) is 20.8 Å². The third kappa shape index (κ3) is 7.84. The number of fused-ring (bicyclic) bond motifs is 2. The SMILES string of the molecule is CCCN1[C@@H]2CC[C@H]1CC(C1COC(=O)C(C)(C)C(=O)[C@H](C)[C@@H](O[C@@H]3O[C@H](C)C[C@H](N(C)C)[C@H]3O)[C@](C)(OC)C[C@@H](C)CN1C)C2. The predicted octanol–water partition coefficient (Wildman–Crippen LogP) is 3.97. The second kappa shape index (κ2) is 15.2. The van der Waals surface area contributed by atoms with Crippen LogP contribution in [0.1, 0.15) is 93.4 Å². The molecule has 10 nitrogen and oxygen atoms in total. The van der Waals surface area contributed by atoms with E-state index in [-0.39, 0.29) is 36.5 Å². The summed E-state index contributed by atoms with van der Waals surface area (Å²) in [6.07, 6.45) is 4.36. The molecule has 12 atom stereocenters. The molecule has 2 bridgehead atoms. The number of nitrogens with zero attached hydrogens (tertiary/aromatic N) is 3. The largest absolute Gasteiger partial charge is 0.463 e. The number of piperidine rings is 1. The van der Waals surface area contributed by atoms with Gasteiger partial charge in [0.2, 0.25) is 0 Å². The molecule has 4 aliphatic heterocycles. The molecule has 4 saturated heterocycles. The van der Waals surface area contributed by atoms with Gasteiger partial charge < -0.3 is 29.0 Å². The lowest BCUT2D eigenvalue weighted by atomic mass is 9.74. The highest BCUT2D eigenvalue weighted by atomic mass is 16.7. The molecular formula is C36H65N3O7. The fourth-order valence-corrected chi connectivity index (χ4v) is 9.31. The molecule has 10 heteroatoms. The first-order chi connectivity index (χ1) is 21.5. The maximum absolute atomic E-state index is 14.3. The second-order valence-electron chi connectivity index (χ2n) is 16.2. The third-order valence-corrected chi connectivity index (χ3v) is 11.9. The molecule has 4 heterocycles. The normalized spacial score (nSPS) is 43.5. The third-order valence-electron chi connectivity index (χ3n) is 11.9. The number of carbonyl (C=O) groups is 2. The van der Waals surface area contributed by atoms with Crippen LogP contribution in [0.15, 0.2) is 0 Å². The Balaban J connectivity index is 1.64. The van der Waals surface area contributed by atoms with Gasteiger partial charge in [0.15, 0.2) is 12.1 Å². The van der Waals surface area contributed by atoms with Crippen LogP contribution in [0, 0.1) is 23.2 Å². The molecule has 46 heavy (non-hydrogen) atoms. The van der Waals surface area contributed by atoms with E-state index in [2.05, 4.69) is 30.7 Å². The van der Waals surface area contributed by atoms with E-state index in [1.807, 2.05) is 32.8 Å². The standard InChI is InChI=1S/C36H65N3O7/c1-12-15-39-26-13-14-27(39)18-25(17-26)29-21-44-34(42)35(5,6)31(41)24(4)32(36(7,43-11)19-22(2)20-38(29)10)46-33-30(40)28(37(8)9)16-23(3)45-33/h22-30,32-33,40H,12-21H2,1-11H3/t22-,23-,24+,25?,26-,27+,28+,29?,30-,32-,33+,36-/m1/s1. The Morgan fingerprint density at radius 1 is 1.04 bits per heavy atom. The molecule has 0 aromatic heterocycles. The van der Waals surface area contributed by atoms with Gasteiger partial charge in [-0.2, -0.15) is 0 Å². The van der Waals surface area contributed by atoms with Crippen molar-refractivity contribution in [2.45, 2.75) is 148 Å². The number of hydrogen-bond donors (Lipinski definition) is 1. The van der Waals surface area contributed by atoms with Gasteiger partial charge in [0.05, 0.1) is 17.8 Å². The van der Waals surface area contributed by atoms with Gasteiger partial charge in [0.25, 0.3) is 0 Å². The van der Waals surface area contributed by atoms with Crippen molar-refractivity contribution in [2.75, 3.05) is 47.9 Å². The van der Waals surface area contributed by atoms with Crippen LogP contribution in [0.5, 0.6) is 0 Å². The lowest BCUT2D eigenvalue weighted by Gasteiger charge is -2.47. The molecule has 4 fully saturated rings. The minimum Gasteiger partial charge on any atom is -0.463 e. The molecule has 0 saturated carbocycles. The summed E-state index contributed by atoms with van der Waals surface area (Å²) in [5.74, 6) is -0.915. The summed E-state index contributed by atoms with van der Waals surface area (Å²) in [7, 11) is 7.69. The van der Waals surface area contributed by atoms with Gasteiger partial charge in [-0.3, -0.25) is 19.4 Å². The quantitative estimate of drug-likeness (QED) is 0.322. The number of methoxy groups -OCH3 is 1. The van der Waals surface area contributed by atoms with Crippen LogP contribution in [0.4, 0.5) is 0 Å². The number of esters is 1. The Morgan fingerprint density at radius 2 is 1.67 bits per heavy atom. The Morgan fingerprint density at radius 3 is 2.24 bits per heavy atom. The van der Waals surface area contributed by atoms with Crippen molar-refractivity contribution in [3.05, 3.63) is 0 Å². The number of likely N-dealkylation sites (N-methyl/N-ethyl adjacent to an activating group) is 2. The summed E-state index contributed by atoms with van der Waals surface area (Å²) in [6, 6.07) is 1.09. The lowest BCUT2D eigenvalue weighted by Crippen LogP contribution is -2.59. The van der Waals surface area contributed by atoms with Gasteiger partial charge in [0, 0.05) is 43.7 Å². The van der Waals surface area contributed by atoms with Gasteiger partial charge in [-0.25, -0.2) is 0 Å². The Kier molecular flexibility index (Phi) is 12.4. The van der Waals surface area contributed by atoms with Gasteiger partial charge >= 0.3 is 5.97 Å². The number of carbonyl (C=O) groups excluding carboxylic acids is 2. The number of aliphatic hydroxyl groups is 1. The van der Waals surface area contributed by atoms with E-state index in [4.69, 9.17) is 18.9 Å². The van der Waals surface area contributed by atoms with Crippen molar-refractivity contribution in [1.82, 2.24) is 14.7 Å². The maximum atomic E-state index is 14.3. The van der Waals surface area contributed by atoms with E-state index in [0.29, 0.717) is 30.8 Å².